The minimum atomic E-state index is 0.315. The molecule has 0 bridgehead atoms. The number of hydrogen-bond acceptors (Lipinski definition) is 3. The smallest absolute Gasteiger partial charge is 0.142 e. The molecule has 1 aromatic rings. The summed E-state index contributed by atoms with van der Waals surface area (Å²) in [6.07, 6.45) is 3.86. The van der Waals surface area contributed by atoms with Crippen LogP contribution in [0.2, 0.25) is 0 Å². The summed E-state index contributed by atoms with van der Waals surface area (Å²) in [4.78, 5) is 4.06. The summed E-state index contributed by atoms with van der Waals surface area (Å²) in [6, 6.07) is 0. The molecule has 1 fully saturated rings. The first-order valence-corrected chi connectivity index (χ1v) is 5.04. The van der Waals surface area contributed by atoms with Gasteiger partial charge in [0.05, 0.1) is 6.20 Å². The summed E-state index contributed by atoms with van der Waals surface area (Å²) in [7, 11) is 0. The van der Waals surface area contributed by atoms with Gasteiger partial charge in [-0.3, -0.25) is 4.98 Å². The number of nitrogens with zero attached hydrogens (tertiary/aromatic N) is 1. The molecule has 1 saturated heterocycles. The number of halogens is 1. The molecule has 1 aliphatic rings. The Morgan fingerprint density at radius 2 is 2.31 bits per heavy atom. The minimum absolute atomic E-state index is 0.315. The van der Waals surface area contributed by atoms with Crippen LogP contribution in [-0.4, -0.2) is 24.2 Å². The van der Waals surface area contributed by atoms with Gasteiger partial charge < -0.3 is 10.1 Å². The Labute approximate surface area is 85.6 Å². The van der Waals surface area contributed by atoms with Crippen LogP contribution in [0.15, 0.2) is 16.9 Å². The Morgan fingerprint density at radius 1 is 1.54 bits per heavy atom. The van der Waals surface area contributed by atoms with E-state index < -0.39 is 0 Å². The Balaban J connectivity index is 2.14. The lowest BCUT2D eigenvalue weighted by atomic mass is 10.2. The van der Waals surface area contributed by atoms with Gasteiger partial charge in [0.2, 0.25) is 0 Å². The second-order valence-electron chi connectivity index (χ2n) is 3.14. The minimum Gasteiger partial charge on any atom is -0.486 e. The fourth-order valence-corrected chi connectivity index (χ4v) is 1.44. The van der Waals surface area contributed by atoms with E-state index >= 15 is 0 Å². The summed E-state index contributed by atoms with van der Waals surface area (Å²) in [5.74, 6) is 0.876. The first-order valence-electron chi connectivity index (χ1n) is 4.25. The second kappa shape index (κ2) is 3.64. The standard InChI is InChI=1S/C9H11BrN2O/c1-6-8(10)4-12-5-9(6)13-7-2-11-3-7/h4-5,7,11H,2-3H2,1H3. The highest BCUT2D eigenvalue weighted by molar-refractivity contribution is 9.10. The Morgan fingerprint density at radius 3 is 2.92 bits per heavy atom. The normalized spacial score (nSPS) is 16.8. The SMILES string of the molecule is Cc1c(Br)cncc1OC1CNC1. The molecule has 0 amide bonds. The largest absolute Gasteiger partial charge is 0.486 e. The van der Waals surface area contributed by atoms with E-state index in [1.54, 1.807) is 12.4 Å². The van der Waals surface area contributed by atoms with Crippen molar-refractivity contribution in [2.75, 3.05) is 13.1 Å². The molecule has 70 valence electrons. The first-order chi connectivity index (χ1) is 6.27. The predicted octanol–water partition coefficient (Wildman–Crippen LogP) is 1.50. The zero-order chi connectivity index (χ0) is 9.26. The van der Waals surface area contributed by atoms with Gasteiger partial charge in [-0.1, -0.05) is 0 Å². The van der Waals surface area contributed by atoms with Crippen molar-refractivity contribution >= 4 is 15.9 Å². The third kappa shape index (κ3) is 1.84. The summed E-state index contributed by atoms with van der Waals surface area (Å²) in [6.45, 7) is 3.89. The van der Waals surface area contributed by atoms with Crippen molar-refractivity contribution < 1.29 is 4.74 Å². The van der Waals surface area contributed by atoms with Crippen molar-refractivity contribution in [2.45, 2.75) is 13.0 Å². The number of ether oxygens (including phenoxy) is 1. The third-order valence-corrected chi connectivity index (χ3v) is 2.94. The van der Waals surface area contributed by atoms with Gasteiger partial charge in [0.15, 0.2) is 0 Å². The molecule has 0 radical (unpaired) electrons. The second-order valence-corrected chi connectivity index (χ2v) is 4.00. The molecular formula is C9H11BrN2O. The molecule has 1 aromatic heterocycles. The van der Waals surface area contributed by atoms with E-state index in [1.807, 2.05) is 6.92 Å². The molecule has 13 heavy (non-hydrogen) atoms. The van der Waals surface area contributed by atoms with Crippen LogP contribution in [-0.2, 0) is 0 Å². The lowest BCUT2D eigenvalue weighted by Gasteiger charge is -2.28. The zero-order valence-electron chi connectivity index (χ0n) is 7.38. The quantitative estimate of drug-likeness (QED) is 0.854. The summed E-state index contributed by atoms with van der Waals surface area (Å²) < 4.78 is 6.70. The average Bonchev–Trinajstić information content (AvgIpc) is 2.04. The lowest BCUT2D eigenvalue weighted by Crippen LogP contribution is -2.50. The highest BCUT2D eigenvalue weighted by atomic mass is 79.9. The van der Waals surface area contributed by atoms with Crippen molar-refractivity contribution in [3.63, 3.8) is 0 Å². The van der Waals surface area contributed by atoms with Crippen LogP contribution in [0.5, 0.6) is 5.75 Å². The van der Waals surface area contributed by atoms with Crippen LogP contribution in [0.25, 0.3) is 0 Å². The van der Waals surface area contributed by atoms with Gasteiger partial charge in [0.1, 0.15) is 11.9 Å². The Bertz CT molecular complexity index is 312. The highest BCUT2D eigenvalue weighted by Gasteiger charge is 2.19. The van der Waals surface area contributed by atoms with Crippen molar-refractivity contribution in [1.29, 1.82) is 0 Å². The maximum absolute atomic E-state index is 5.71. The fourth-order valence-electron chi connectivity index (χ4n) is 1.13. The Hall–Kier alpha value is -0.610. The Kier molecular flexibility index (Phi) is 2.51. The highest BCUT2D eigenvalue weighted by Crippen LogP contribution is 2.25. The van der Waals surface area contributed by atoms with Gasteiger partial charge in [-0.25, -0.2) is 0 Å². The van der Waals surface area contributed by atoms with E-state index in [9.17, 15) is 0 Å². The predicted molar refractivity (Wildman–Crippen MR) is 54.0 cm³/mol. The number of hydrogen-bond donors (Lipinski definition) is 1. The van der Waals surface area contributed by atoms with Crippen LogP contribution in [0.1, 0.15) is 5.56 Å². The van der Waals surface area contributed by atoms with Crippen LogP contribution < -0.4 is 10.1 Å². The molecule has 3 nitrogen and oxygen atoms in total. The van der Waals surface area contributed by atoms with Crippen LogP contribution >= 0.6 is 15.9 Å². The van der Waals surface area contributed by atoms with E-state index in [4.69, 9.17) is 4.74 Å². The van der Waals surface area contributed by atoms with Gasteiger partial charge >= 0.3 is 0 Å². The monoisotopic (exact) mass is 242 g/mol. The summed E-state index contributed by atoms with van der Waals surface area (Å²) in [5.41, 5.74) is 1.11. The molecule has 0 unspecified atom stereocenters. The maximum atomic E-state index is 5.71. The lowest BCUT2D eigenvalue weighted by molar-refractivity contribution is 0.140. The number of nitrogens with one attached hydrogen (secondary N) is 1. The molecule has 0 aromatic carbocycles. The van der Waals surface area contributed by atoms with Crippen LogP contribution in [0.3, 0.4) is 0 Å². The molecule has 0 atom stereocenters. The molecule has 1 aliphatic heterocycles. The van der Waals surface area contributed by atoms with Crippen LogP contribution in [0, 0.1) is 6.92 Å². The van der Waals surface area contributed by atoms with Gasteiger partial charge in [-0.15, -0.1) is 0 Å². The summed E-state index contributed by atoms with van der Waals surface area (Å²) in [5, 5.41) is 3.16. The number of rotatable bonds is 2. The molecule has 4 heteroatoms. The molecule has 0 spiro atoms. The van der Waals surface area contributed by atoms with Crippen LogP contribution in [0.4, 0.5) is 0 Å². The average molecular weight is 243 g/mol. The molecule has 1 N–H and O–H groups in total. The van der Waals surface area contributed by atoms with Gasteiger partial charge in [-0.2, -0.15) is 0 Å². The molecule has 2 heterocycles. The van der Waals surface area contributed by atoms with Crippen molar-refractivity contribution in [3.05, 3.63) is 22.4 Å². The molecule has 0 saturated carbocycles. The van der Waals surface area contributed by atoms with Gasteiger partial charge in [0.25, 0.3) is 0 Å². The number of pyridine rings is 1. The first kappa shape index (κ1) is 8.97. The fraction of sp³-hybridized carbons (Fsp3) is 0.444. The summed E-state index contributed by atoms with van der Waals surface area (Å²) >= 11 is 3.42. The molecule has 0 aliphatic carbocycles. The van der Waals surface area contributed by atoms with E-state index in [0.717, 1.165) is 28.9 Å². The van der Waals surface area contributed by atoms with E-state index in [2.05, 4.69) is 26.2 Å². The van der Waals surface area contributed by atoms with E-state index in [0.29, 0.717) is 6.10 Å². The maximum Gasteiger partial charge on any atom is 0.142 e. The van der Waals surface area contributed by atoms with E-state index in [1.165, 1.54) is 0 Å². The van der Waals surface area contributed by atoms with Crippen molar-refractivity contribution in [1.82, 2.24) is 10.3 Å². The van der Waals surface area contributed by atoms with Crippen molar-refractivity contribution in [3.8, 4) is 5.75 Å². The zero-order valence-corrected chi connectivity index (χ0v) is 8.97. The van der Waals surface area contributed by atoms with Crippen molar-refractivity contribution in [2.24, 2.45) is 0 Å². The van der Waals surface area contributed by atoms with Gasteiger partial charge in [0, 0.05) is 29.3 Å². The van der Waals surface area contributed by atoms with E-state index in [-0.39, 0.29) is 0 Å². The molecule has 2 rings (SSSR count). The molecular weight excluding hydrogens is 232 g/mol. The van der Waals surface area contributed by atoms with Gasteiger partial charge in [-0.05, 0) is 22.9 Å². The third-order valence-electron chi connectivity index (χ3n) is 2.15. The topological polar surface area (TPSA) is 34.1 Å². The number of aromatic nitrogens is 1.